The molecule has 2 saturated heterocycles. The monoisotopic (exact) mass is 380 g/mol. The van der Waals surface area contributed by atoms with Crippen molar-refractivity contribution >= 4 is 21.8 Å². The Morgan fingerprint density at radius 2 is 2.04 bits per heavy atom. The number of amides is 2. The van der Waals surface area contributed by atoms with E-state index < -0.39 is 21.5 Å². The summed E-state index contributed by atoms with van der Waals surface area (Å²) in [5.41, 5.74) is -0.137. The minimum Gasteiger partial charge on any atom is -0.445 e. The maximum atomic E-state index is 12.8. The van der Waals surface area contributed by atoms with Crippen LogP contribution in [0.25, 0.3) is 0 Å². The van der Waals surface area contributed by atoms with Crippen LogP contribution in [0.5, 0.6) is 0 Å². The lowest BCUT2D eigenvalue weighted by Crippen LogP contribution is -2.57. The van der Waals surface area contributed by atoms with Gasteiger partial charge in [0.15, 0.2) is 9.84 Å². The summed E-state index contributed by atoms with van der Waals surface area (Å²) in [5.74, 6) is -0.251. The predicted octanol–water partition coefficient (Wildman–Crippen LogP) is 1.48. The van der Waals surface area contributed by atoms with Gasteiger partial charge < -0.3 is 10.1 Å². The third kappa shape index (κ3) is 4.00. The molecule has 3 rings (SSSR count). The first-order valence-corrected chi connectivity index (χ1v) is 10.6. The van der Waals surface area contributed by atoms with Gasteiger partial charge in [-0.15, -0.1) is 0 Å². The second-order valence-electron chi connectivity index (χ2n) is 7.14. The lowest BCUT2D eigenvalue weighted by molar-refractivity contribution is -0.131. The summed E-state index contributed by atoms with van der Waals surface area (Å²) < 4.78 is 28.5. The summed E-state index contributed by atoms with van der Waals surface area (Å²) in [7, 11) is -3.07. The smallest absolute Gasteiger partial charge is 0.410 e. The molecule has 1 aromatic carbocycles. The Morgan fingerprint density at radius 1 is 1.31 bits per heavy atom. The van der Waals surface area contributed by atoms with Crippen molar-refractivity contribution in [3.8, 4) is 0 Å². The van der Waals surface area contributed by atoms with E-state index in [0.717, 1.165) is 5.56 Å². The van der Waals surface area contributed by atoms with Crippen LogP contribution in [0.1, 0.15) is 31.7 Å². The van der Waals surface area contributed by atoms with E-state index in [1.54, 1.807) is 6.92 Å². The molecule has 2 unspecified atom stereocenters. The van der Waals surface area contributed by atoms with Crippen LogP contribution in [-0.2, 0) is 26.0 Å². The van der Waals surface area contributed by atoms with Crippen molar-refractivity contribution in [1.29, 1.82) is 0 Å². The number of carbonyl (C=O) groups excluding carboxylic acids is 2. The molecule has 0 aliphatic carbocycles. The standard InChI is InChI=1S/C18H24N2O5S/c1-18(16(21)19-15-8-11-26(23,24)13-15)9-5-10-20(18)17(22)25-12-14-6-3-2-4-7-14/h2-4,6-7,15H,5,8-13H2,1H3,(H,19,21). The Balaban J connectivity index is 1.62. The van der Waals surface area contributed by atoms with Gasteiger partial charge in [-0.25, -0.2) is 13.2 Å². The van der Waals surface area contributed by atoms with Gasteiger partial charge >= 0.3 is 6.09 Å². The first kappa shape index (κ1) is 18.7. The number of sulfone groups is 1. The van der Waals surface area contributed by atoms with Crippen LogP contribution in [0.3, 0.4) is 0 Å². The summed E-state index contributed by atoms with van der Waals surface area (Å²) in [6.07, 6.45) is 1.12. The number of carbonyl (C=O) groups is 2. The number of benzene rings is 1. The van der Waals surface area contributed by atoms with Crippen molar-refractivity contribution in [1.82, 2.24) is 10.2 Å². The Hall–Kier alpha value is -2.09. The number of likely N-dealkylation sites (tertiary alicyclic amines) is 1. The van der Waals surface area contributed by atoms with Crippen molar-refractivity contribution in [2.75, 3.05) is 18.1 Å². The number of ether oxygens (including phenoxy) is 1. The van der Waals surface area contributed by atoms with Crippen LogP contribution in [0, 0.1) is 0 Å². The molecule has 2 amide bonds. The van der Waals surface area contributed by atoms with Crippen LogP contribution in [0.2, 0.25) is 0 Å². The van der Waals surface area contributed by atoms with Gasteiger partial charge in [-0.05, 0) is 31.7 Å². The zero-order valence-corrected chi connectivity index (χ0v) is 15.6. The molecule has 2 aliphatic rings. The molecule has 0 aromatic heterocycles. The summed E-state index contributed by atoms with van der Waals surface area (Å²) in [5, 5.41) is 2.81. The van der Waals surface area contributed by atoms with Gasteiger partial charge in [-0.2, -0.15) is 0 Å². The largest absolute Gasteiger partial charge is 0.445 e. The third-order valence-corrected chi connectivity index (χ3v) is 6.89. The number of nitrogens with one attached hydrogen (secondary N) is 1. The molecule has 1 N–H and O–H groups in total. The molecule has 2 atom stereocenters. The molecule has 7 nitrogen and oxygen atoms in total. The van der Waals surface area contributed by atoms with Crippen molar-refractivity contribution in [3.05, 3.63) is 35.9 Å². The van der Waals surface area contributed by atoms with E-state index in [1.807, 2.05) is 30.3 Å². The molecule has 142 valence electrons. The zero-order valence-electron chi connectivity index (χ0n) is 14.8. The zero-order chi connectivity index (χ0) is 18.8. The number of hydrogen-bond donors (Lipinski definition) is 1. The topological polar surface area (TPSA) is 92.8 Å². The van der Waals surface area contributed by atoms with Crippen molar-refractivity contribution in [3.63, 3.8) is 0 Å². The number of nitrogens with zero attached hydrogens (tertiary/aromatic N) is 1. The Labute approximate surface area is 153 Å². The van der Waals surface area contributed by atoms with Crippen LogP contribution < -0.4 is 5.32 Å². The normalized spacial score (nSPS) is 27.3. The fourth-order valence-corrected chi connectivity index (χ4v) is 5.21. The molecule has 2 aliphatic heterocycles. The molecule has 0 bridgehead atoms. The summed E-state index contributed by atoms with van der Waals surface area (Å²) in [6.45, 7) is 2.30. The Kier molecular flexibility index (Phi) is 5.22. The molecule has 0 radical (unpaired) electrons. The van der Waals surface area contributed by atoms with E-state index in [9.17, 15) is 18.0 Å². The molecule has 0 spiro atoms. The number of rotatable bonds is 4. The van der Waals surface area contributed by atoms with Crippen LogP contribution in [0.4, 0.5) is 4.79 Å². The van der Waals surface area contributed by atoms with E-state index in [-0.39, 0.29) is 30.1 Å². The quantitative estimate of drug-likeness (QED) is 0.854. The van der Waals surface area contributed by atoms with E-state index in [1.165, 1.54) is 4.90 Å². The van der Waals surface area contributed by atoms with E-state index >= 15 is 0 Å². The van der Waals surface area contributed by atoms with Gasteiger partial charge in [0.05, 0.1) is 11.5 Å². The number of hydrogen-bond acceptors (Lipinski definition) is 5. The van der Waals surface area contributed by atoms with Gasteiger partial charge in [0.1, 0.15) is 12.1 Å². The average molecular weight is 380 g/mol. The first-order chi connectivity index (χ1) is 12.3. The van der Waals surface area contributed by atoms with Crippen LogP contribution >= 0.6 is 0 Å². The van der Waals surface area contributed by atoms with Gasteiger partial charge in [0.2, 0.25) is 5.91 Å². The second kappa shape index (κ2) is 7.26. The fourth-order valence-electron chi connectivity index (χ4n) is 3.54. The molecule has 2 fully saturated rings. The molecular weight excluding hydrogens is 356 g/mol. The summed E-state index contributed by atoms with van der Waals surface area (Å²) in [4.78, 5) is 26.7. The van der Waals surface area contributed by atoms with E-state index in [2.05, 4.69) is 5.32 Å². The highest BCUT2D eigenvalue weighted by Gasteiger charge is 2.47. The minimum atomic E-state index is -3.07. The summed E-state index contributed by atoms with van der Waals surface area (Å²) in [6, 6.07) is 8.97. The van der Waals surface area contributed by atoms with E-state index in [4.69, 9.17) is 4.74 Å². The molecule has 2 heterocycles. The molecule has 8 heteroatoms. The van der Waals surface area contributed by atoms with Gasteiger partial charge in [0, 0.05) is 12.6 Å². The van der Waals surface area contributed by atoms with Crippen molar-refractivity contribution in [2.45, 2.75) is 44.4 Å². The molecule has 0 saturated carbocycles. The highest BCUT2D eigenvalue weighted by molar-refractivity contribution is 7.91. The van der Waals surface area contributed by atoms with Crippen LogP contribution in [-0.4, -0.2) is 54.9 Å². The highest BCUT2D eigenvalue weighted by atomic mass is 32.2. The maximum absolute atomic E-state index is 12.8. The lowest BCUT2D eigenvalue weighted by Gasteiger charge is -2.34. The summed E-state index contributed by atoms with van der Waals surface area (Å²) >= 11 is 0. The van der Waals surface area contributed by atoms with Gasteiger partial charge in [0.25, 0.3) is 0 Å². The molecular formula is C18H24N2O5S. The molecule has 1 aromatic rings. The van der Waals surface area contributed by atoms with Gasteiger partial charge in [-0.3, -0.25) is 9.69 Å². The predicted molar refractivity (Wildman–Crippen MR) is 96.2 cm³/mol. The fraction of sp³-hybridized carbons (Fsp3) is 0.556. The second-order valence-corrected chi connectivity index (χ2v) is 9.37. The minimum absolute atomic E-state index is 0.0345. The van der Waals surface area contributed by atoms with Crippen LogP contribution in [0.15, 0.2) is 30.3 Å². The van der Waals surface area contributed by atoms with Crippen molar-refractivity contribution < 1.29 is 22.7 Å². The van der Waals surface area contributed by atoms with Crippen molar-refractivity contribution in [2.24, 2.45) is 0 Å². The Morgan fingerprint density at radius 3 is 2.69 bits per heavy atom. The highest BCUT2D eigenvalue weighted by Crippen LogP contribution is 2.30. The maximum Gasteiger partial charge on any atom is 0.410 e. The third-order valence-electron chi connectivity index (χ3n) is 5.12. The van der Waals surface area contributed by atoms with E-state index in [0.29, 0.717) is 25.8 Å². The average Bonchev–Trinajstić information content (AvgIpc) is 3.16. The van der Waals surface area contributed by atoms with Gasteiger partial charge in [-0.1, -0.05) is 30.3 Å². The Bertz CT molecular complexity index is 780. The lowest BCUT2D eigenvalue weighted by atomic mass is 9.97. The first-order valence-electron chi connectivity index (χ1n) is 8.80. The molecule has 26 heavy (non-hydrogen) atoms. The SMILES string of the molecule is CC1(C(=O)NC2CCS(=O)(=O)C2)CCCN1C(=O)OCc1ccccc1.